The van der Waals surface area contributed by atoms with Crippen molar-refractivity contribution in [3.05, 3.63) is 0 Å². The van der Waals surface area contributed by atoms with Crippen molar-refractivity contribution in [2.75, 3.05) is 141 Å². The van der Waals surface area contributed by atoms with E-state index in [9.17, 15) is 0 Å². The summed E-state index contributed by atoms with van der Waals surface area (Å²) in [5.41, 5.74) is 0. The Morgan fingerprint density at radius 2 is 0.550 bits per heavy atom. The van der Waals surface area contributed by atoms with Crippen LogP contribution in [0.15, 0.2) is 0 Å². The molecule has 0 spiro atoms. The Morgan fingerprint density at radius 3 is 0.775 bits per heavy atom. The molecule has 1 unspecified atom stereocenters. The molecule has 5 fully saturated rings. The van der Waals surface area contributed by atoms with E-state index in [1.807, 2.05) is 0 Å². The Morgan fingerprint density at radius 1 is 0.300 bits per heavy atom. The minimum Gasteiger partial charge on any atom is -0.306 e. The largest absolute Gasteiger partial charge is 0.306 e. The number of hydrogen-bond donors (Lipinski definition) is 0. The molecule has 1 atom stereocenters. The summed E-state index contributed by atoms with van der Waals surface area (Å²) in [6.07, 6.45) is 8.32. The van der Waals surface area contributed by atoms with Crippen LogP contribution >= 0.6 is 0 Å². The van der Waals surface area contributed by atoms with Crippen LogP contribution in [-0.2, 0) is 0 Å². The van der Waals surface area contributed by atoms with Gasteiger partial charge in [-0.05, 0) is 151 Å². The number of piperidine rings is 2. The average molecular weight is 568 g/mol. The lowest BCUT2D eigenvalue weighted by Crippen LogP contribution is -2.42. The van der Waals surface area contributed by atoms with Crippen LogP contribution in [0.5, 0.6) is 0 Å². The summed E-state index contributed by atoms with van der Waals surface area (Å²) in [7, 11) is 15.3. The molecule has 0 N–H and O–H groups in total. The fourth-order valence-electron chi connectivity index (χ4n) is 5.51. The minimum atomic E-state index is 0.949. The fourth-order valence-corrected chi connectivity index (χ4v) is 5.51. The van der Waals surface area contributed by atoms with E-state index >= 15 is 0 Å². The topological polar surface area (TPSA) is 22.7 Å². The first kappa shape index (κ1) is 37.7. The van der Waals surface area contributed by atoms with E-state index in [0.717, 1.165) is 17.8 Å². The molecule has 0 aliphatic carbocycles. The Balaban J connectivity index is 0.000000250. The van der Waals surface area contributed by atoms with Crippen molar-refractivity contribution in [2.45, 2.75) is 59.3 Å². The molecule has 0 aromatic carbocycles. The second-order valence-electron chi connectivity index (χ2n) is 14.2. The summed E-state index contributed by atoms with van der Waals surface area (Å²) in [4.78, 5) is 16.7. The van der Waals surface area contributed by atoms with Gasteiger partial charge in [0, 0.05) is 45.8 Å². The number of hydrogen-bond acceptors (Lipinski definition) is 7. The molecule has 7 heteroatoms. The molecule has 7 nitrogen and oxygen atoms in total. The summed E-state index contributed by atoms with van der Waals surface area (Å²) in [5, 5.41) is 0. The summed E-state index contributed by atoms with van der Waals surface area (Å²) >= 11 is 0. The molecule has 5 rings (SSSR count). The van der Waals surface area contributed by atoms with Crippen molar-refractivity contribution in [1.82, 2.24) is 34.3 Å². The third-order valence-corrected chi connectivity index (χ3v) is 9.31. The van der Waals surface area contributed by atoms with Crippen molar-refractivity contribution < 1.29 is 0 Å². The van der Waals surface area contributed by atoms with Crippen LogP contribution < -0.4 is 0 Å². The Bertz CT molecular complexity index is 472. The molecule has 0 radical (unpaired) electrons. The summed E-state index contributed by atoms with van der Waals surface area (Å²) in [6, 6.07) is 0. The van der Waals surface area contributed by atoms with Crippen molar-refractivity contribution in [3.8, 4) is 0 Å². The van der Waals surface area contributed by atoms with E-state index in [4.69, 9.17) is 0 Å². The van der Waals surface area contributed by atoms with E-state index in [1.54, 1.807) is 0 Å². The Kier molecular flexibility index (Phi) is 21.0. The summed E-state index contributed by atoms with van der Waals surface area (Å²) in [5.74, 6) is 2.90. The maximum atomic E-state index is 2.40. The van der Waals surface area contributed by atoms with Gasteiger partial charge in [-0.3, -0.25) is 0 Å². The first-order valence-electron chi connectivity index (χ1n) is 16.7. The van der Waals surface area contributed by atoms with Gasteiger partial charge in [-0.2, -0.15) is 0 Å². The van der Waals surface area contributed by atoms with Crippen LogP contribution in [0.25, 0.3) is 0 Å². The van der Waals surface area contributed by atoms with E-state index in [-0.39, 0.29) is 0 Å². The van der Waals surface area contributed by atoms with Gasteiger partial charge in [-0.15, -0.1) is 0 Å². The molecular weight excluding hydrogens is 494 g/mol. The Labute approximate surface area is 252 Å². The van der Waals surface area contributed by atoms with Crippen molar-refractivity contribution in [2.24, 2.45) is 17.8 Å². The number of nitrogens with zero attached hydrogens (tertiary/aromatic N) is 7. The standard InChI is InChI=1S/C7H16N2.2C7H15N.C6H14N2.C6H13N/c1-8-4-3-5-9(2)7-6-8;3*1-7-3-5-8(2)6-4-7;1-6-3-4-7(2)5-6/h3-7H2,1-2H3;2*7H,3-6H2,1-2H3;3-6H2,1-2H3;6H,3-5H2,1-2H3. The van der Waals surface area contributed by atoms with Gasteiger partial charge in [0.25, 0.3) is 0 Å². The first-order chi connectivity index (χ1) is 18.9. The van der Waals surface area contributed by atoms with Crippen molar-refractivity contribution in [3.63, 3.8) is 0 Å². The minimum absolute atomic E-state index is 0.949. The molecule has 0 saturated carbocycles. The number of likely N-dealkylation sites (N-methyl/N-ethyl adjacent to an activating group) is 4. The normalized spacial score (nSPS) is 27.6. The molecule has 5 saturated heterocycles. The zero-order valence-electron chi connectivity index (χ0n) is 29.0. The smallest absolute Gasteiger partial charge is 0.0107 e. The number of likely N-dealkylation sites (tertiary alicyclic amines) is 3. The highest BCUT2D eigenvalue weighted by Crippen LogP contribution is 2.14. The number of piperazine rings is 1. The van der Waals surface area contributed by atoms with Crippen LogP contribution in [0, 0.1) is 17.8 Å². The van der Waals surface area contributed by atoms with Gasteiger partial charge in [0.1, 0.15) is 0 Å². The molecule has 5 aliphatic heterocycles. The van der Waals surface area contributed by atoms with Gasteiger partial charge in [0.15, 0.2) is 0 Å². The van der Waals surface area contributed by atoms with Gasteiger partial charge in [-0.1, -0.05) is 20.8 Å². The van der Waals surface area contributed by atoms with Crippen LogP contribution in [0.4, 0.5) is 0 Å². The maximum Gasteiger partial charge on any atom is 0.0107 e. The van der Waals surface area contributed by atoms with E-state index < -0.39 is 0 Å². The fraction of sp³-hybridized carbons (Fsp3) is 1.00. The highest BCUT2D eigenvalue weighted by molar-refractivity contribution is 4.68. The highest BCUT2D eigenvalue weighted by atomic mass is 15.2. The highest BCUT2D eigenvalue weighted by Gasteiger charge is 2.14. The van der Waals surface area contributed by atoms with Gasteiger partial charge < -0.3 is 34.3 Å². The predicted molar refractivity (Wildman–Crippen MR) is 178 cm³/mol. The van der Waals surface area contributed by atoms with Gasteiger partial charge in [0.2, 0.25) is 0 Å². The van der Waals surface area contributed by atoms with Crippen LogP contribution in [0.3, 0.4) is 0 Å². The molecule has 0 amide bonds. The monoisotopic (exact) mass is 568 g/mol. The first-order valence-corrected chi connectivity index (χ1v) is 16.7. The molecule has 5 aliphatic rings. The quantitative estimate of drug-likeness (QED) is 0.439. The summed E-state index contributed by atoms with van der Waals surface area (Å²) < 4.78 is 0. The molecule has 0 bridgehead atoms. The molecule has 40 heavy (non-hydrogen) atoms. The maximum absolute atomic E-state index is 2.40. The van der Waals surface area contributed by atoms with Crippen molar-refractivity contribution in [1.29, 1.82) is 0 Å². The van der Waals surface area contributed by atoms with Gasteiger partial charge in [0.05, 0.1) is 0 Å². The van der Waals surface area contributed by atoms with Gasteiger partial charge >= 0.3 is 0 Å². The van der Waals surface area contributed by atoms with Crippen molar-refractivity contribution >= 4 is 0 Å². The SMILES string of the molecule is CC1CCN(C)C1.CC1CCN(C)CC1.CC1CCN(C)CC1.CN1CCCN(C)CC1.CN1CCN(C)CC1. The molecular formula is C33H73N7. The predicted octanol–water partition coefficient (Wildman–Crippen LogP) is 3.77. The van der Waals surface area contributed by atoms with E-state index in [2.05, 4.69) is 104 Å². The molecule has 240 valence electrons. The molecule has 5 heterocycles. The second-order valence-corrected chi connectivity index (χ2v) is 14.2. The van der Waals surface area contributed by atoms with Crippen LogP contribution in [0.2, 0.25) is 0 Å². The number of rotatable bonds is 0. The third kappa shape index (κ3) is 20.6. The lowest BCUT2D eigenvalue weighted by Gasteiger charge is -2.28. The summed E-state index contributed by atoms with van der Waals surface area (Å²) in [6.45, 7) is 24.8. The zero-order chi connectivity index (χ0) is 29.9. The van der Waals surface area contributed by atoms with Crippen LogP contribution in [-0.4, -0.2) is 175 Å². The van der Waals surface area contributed by atoms with Crippen LogP contribution in [0.1, 0.15) is 59.3 Å². The molecule has 0 aromatic heterocycles. The van der Waals surface area contributed by atoms with Gasteiger partial charge in [-0.25, -0.2) is 0 Å². The van der Waals surface area contributed by atoms with E-state index in [1.165, 1.54) is 130 Å². The average Bonchev–Trinajstić information content (AvgIpc) is 3.20. The Hall–Kier alpha value is -0.280. The third-order valence-electron chi connectivity index (χ3n) is 9.31. The zero-order valence-corrected chi connectivity index (χ0v) is 29.0. The van der Waals surface area contributed by atoms with E-state index in [0.29, 0.717) is 0 Å². The lowest BCUT2D eigenvalue weighted by atomic mass is 10.00. The second kappa shape index (κ2) is 22.3. The lowest BCUT2D eigenvalue weighted by molar-refractivity contribution is 0.181. The molecule has 0 aromatic rings.